The molecule has 1 fully saturated rings. The van der Waals surface area contributed by atoms with Gasteiger partial charge in [-0.2, -0.15) is 0 Å². The van der Waals surface area contributed by atoms with E-state index in [-0.39, 0.29) is 0 Å². The van der Waals surface area contributed by atoms with Crippen LogP contribution in [0.5, 0.6) is 0 Å². The summed E-state index contributed by atoms with van der Waals surface area (Å²) >= 11 is -1.42. The molecule has 0 aliphatic heterocycles. The van der Waals surface area contributed by atoms with Gasteiger partial charge in [-0.05, 0) is 0 Å². The van der Waals surface area contributed by atoms with Gasteiger partial charge in [0, 0.05) is 0 Å². The molecule has 4 unspecified atom stereocenters. The summed E-state index contributed by atoms with van der Waals surface area (Å²) in [4.78, 5) is 0. The van der Waals surface area contributed by atoms with Gasteiger partial charge >= 0.3 is 136 Å². The Bertz CT molecular complexity index is 415. The average molecular weight is 350 g/mol. The first-order chi connectivity index (χ1) is 9.99. The SMILES string of the molecule is CC1CCC(C(C)C)C(O[As](c2ccccc2)C(C)C)C1. The maximum atomic E-state index is 6.83. The van der Waals surface area contributed by atoms with E-state index in [1.54, 1.807) is 0 Å². The van der Waals surface area contributed by atoms with Crippen molar-refractivity contribution in [3.05, 3.63) is 30.3 Å². The van der Waals surface area contributed by atoms with Crippen LogP contribution < -0.4 is 4.35 Å². The molecule has 0 bridgehead atoms. The van der Waals surface area contributed by atoms with Crippen LogP contribution in [0.1, 0.15) is 53.9 Å². The summed E-state index contributed by atoms with van der Waals surface area (Å²) in [5, 5.41) is 0. The molecule has 0 spiro atoms. The summed E-state index contributed by atoms with van der Waals surface area (Å²) in [6, 6.07) is 11.0. The van der Waals surface area contributed by atoms with Crippen LogP contribution in [0.3, 0.4) is 0 Å². The van der Waals surface area contributed by atoms with Gasteiger partial charge in [-0.1, -0.05) is 0 Å². The molecule has 1 aliphatic rings. The normalized spacial score (nSPS) is 28.0. The zero-order valence-corrected chi connectivity index (χ0v) is 16.1. The number of rotatable bonds is 5. The van der Waals surface area contributed by atoms with Gasteiger partial charge in [0.05, 0.1) is 0 Å². The Morgan fingerprint density at radius 2 is 1.71 bits per heavy atom. The van der Waals surface area contributed by atoms with Gasteiger partial charge < -0.3 is 0 Å². The fourth-order valence-corrected chi connectivity index (χ4v) is 7.55. The molecule has 1 aliphatic carbocycles. The Hall–Kier alpha value is -0.262. The third-order valence-corrected chi connectivity index (χ3v) is 9.40. The van der Waals surface area contributed by atoms with E-state index >= 15 is 0 Å². The van der Waals surface area contributed by atoms with Crippen LogP contribution in [-0.4, -0.2) is 21.1 Å². The van der Waals surface area contributed by atoms with Gasteiger partial charge in [0.1, 0.15) is 0 Å². The summed E-state index contributed by atoms with van der Waals surface area (Å²) < 4.78 is 8.96. The van der Waals surface area contributed by atoms with Crippen LogP contribution in [0.15, 0.2) is 30.3 Å². The van der Waals surface area contributed by atoms with Crippen LogP contribution in [0.2, 0.25) is 4.71 Å². The molecule has 2 rings (SSSR count). The molecule has 0 amide bonds. The number of hydrogen-bond acceptors (Lipinski definition) is 1. The van der Waals surface area contributed by atoms with E-state index in [1.807, 2.05) is 0 Å². The average Bonchev–Trinajstić information content (AvgIpc) is 2.45. The number of hydrogen-bond donors (Lipinski definition) is 0. The predicted octanol–water partition coefficient (Wildman–Crippen LogP) is 4.77. The molecule has 118 valence electrons. The van der Waals surface area contributed by atoms with E-state index in [4.69, 9.17) is 3.73 Å². The van der Waals surface area contributed by atoms with Gasteiger partial charge in [-0.15, -0.1) is 0 Å². The Labute approximate surface area is 136 Å². The van der Waals surface area contributed by atoms with Crippen molar-refractivity contribution in [3.63, 3.8) is 0 Å². The van der Waals surface area contributed by atoms with Crippen molar-refractivity contribution in [2.75, 3.05) is 0 Å². The number of benzene rings is 1. The second-order valence-corrected chi connectivity index (χ2v) is 12.3. The first kappa shape index (κ1) is 17.1. The molecule has 1 aromatic carbocycles. The van der Waals surface area contributed by atoms with Gasteiger partial charge in [-0.25, -0.2) is 0 Å². The summed E-state index contributed by atoms with van der Waals surface area (Å²) in [6.45, 7) is 11.8. The first-order valence-corrected chi connectivity index (χ1v) is 11.3. The topological polar surface area (TPSA) is 9.23 Å². The van der Waals surface area contributed by atoms with Gasteiger partial charge in [0.2, 0.25) is 0 Å². The van der Waals surface area contributed by atoms with Crippen molar-refractivity contribution < 1.29 is 3.73 Å². The van der Waals surface area contributed by atoms with Crippen LogP contribution in [0.4, 0.5) is 0 Å². The van der Waals surface area contributed by atoms with E-state index in [1.165, 1.54) is 23.6 Å². The second-order valence-electron chi connectivity index (χ2n) is 7.23. The van der Waals surface area contributed by atoms with E-state index in [2.05, 4.69) is 65.0 Å². The van der Waals surface area contributed by atoms with Crippen LogP contribution >= 0.6 is 0 Å². The van der Waals surface area contributed by atoms with Crippen molar-refractivity contribution in [1.82, 2.24) is 0 Å². The van der Waals surface area contributed by atoms with Crippen LogP contribution in [0, 0.1) is 17.8 Å². The van der Waals surface area contributed by atoms with Crippen LogP contribution in [0.25, 0.3) is 0 Å². The molecule has 1 aromatic rings. The minimum absolute atomic E-state index is 0.483. The Morgan fingerprint density at radius 1 is 1.05 bits per heavy atom. The summed E-state index contributed by atoms with van der Waals surface area (Å²) in [5.41, 5.74) is 0. The van der Waals surface area contributed by atoms with Gasteiger partial charge in [0.25, 0.3) is 0 Å². The van der Waals surface area contributed by atoms with Gasteiger partial charge in [0.15, 0.2) is 0 Å². The minimum atomic E-state index is -1.42. The molecule has 1 nitrogen and oxygen atoms in total. The van der Waals surface area contributed by atoms with Gasteiger partial charge in [-0.3, -0.25) is 0 Å². The molecule has 21 heavy (non-hydrogen) atoms. The zero-order chi connectivity index (χ0) is 15.4. The standard InChI is InChI=1S/C19H31AsO/c1-14(2)18-12-11-16(5)13-19(18)21-20(15(3)4)17-9-7-6-8-10-17/h6-10,14-16,18-19H,11-13H2,1-5H3. The first-order valence-electron chi connectivity index (χ1n) is 8.50. The Balaban J connectivity index is 2.14. The maximum absolute atomic E-state index is 6.83. The molecule has 0 saturated heterocycles. The second kappa shape index (κ2) is 7.84. The molecule has 0 radical (unpaired) electrons. The quantitative estimate of drug-likeness (QED) is 0.695. The van der Waals surface area contributed by atoms with Crippen molar-refractivity contribution in [1.29, 1.82) is 0 Å². The van der Waals surface area contributed by atoms with Crippen molar-refractivity contribution in [2.24, 2.45) is 17.8 Å². The molecule has 2 heteroatoms. The Kier molecular flexibility index (Phi) is 6.38. The van der Waals surface area contributed by atoms with Crippen LogP contribution in [-0.2, 0) is 3.73 Å². The summed E-state index contributed by atoms with van der Waals surface area (Å²) in [7, 11) is 0. The van der Waals surface area contributed by atoms with E-state index in [9.17, 15) is 0 Å². The zero-order valence-electron chi connectivity index (χ0n) is 14.3. The fourth-order valence-electron chi connectivity index (χ4n) is 3.44. The molecular formula is C19H31AsO. The van der Waals surface area contributed by atoms with E-state index in [0.717, 1.165) is 17.8 Å². The molecule has 0 aromatic heterocycles. The third kappa shape index (κ3) is 4.60. The Morgan fingerprint density at radius 3 is 2.29 bits per heavy atom. The molecule has 4 atom stereocenters. The summed E-state index contributed by atoms with van der Waals surface area (Å²) in [6.07, 6.45) is 4.46. The van der Waals surface area contributed by atoms with Crippen molar-refractivity contribution in [3.8, 4) is 0 Å². The molecule has 1 saturated carbocycles. The predicted molar refractivity (Wildman–Crippen MR) is 93.1 cm³/mol. The van der Waals surface area contributed by atoms with Crippen molar-refractivity contribution in [2.45, 2.75) is 64.7 Å². The third-order valence-electron chi connectivity index (χ3n) is 4.69. The summed E-state index contributed by atoms with van der Waals surface area (Å²) in [5.74, 6) is 2.31. The van der Waals surface area contributed by atoms with E-state index < -0.39 is 15.0 Å². The molecular weight excluding hydrogens is 319 g/mol. The van der Waals surface area contributed by atoms with E-state index in [0.29, 0.717) is 10.8 Å². The molecule has 0 N–H and O–H groups in total. The van der Waals surface area contributed by atoms with Crippen molar-refractivity contribution >= 4 is 19.3 Å². The molecule has 0 heterocycles. The fraction of sp³-hybridized carbons (Fsp3) is 0.684. The monoisotopic (exact) mass is 350 g/mol.